The quantitative estimate of drug-likeness (QED) is 0.812. The van der Waals surface area contributed by atoms with E-state index in [1.165, 1.54) is 12.8 Å². The summed E-state index contributed by atoms with van der Waals surface area (Å²) in [5, 5.41) is 6.65. The van der Waals surface area contributed by atoms with Crippen LogP contribution in [0.25, 0.3) is 0 Å². The number of amides is 1. The van der Waals surface area contributed by atoms with E-state index in [-0.39, 0.29) is 12.0 Å². The first-order valence-corrected chi connectivity index (χ1v) is 7.42. The lowest BCUT2D eigenvalue weighted by atomic mass is 10.2. The number of carbonyl (C=O) groups is 1. The zero-order valence-corrected chi connectivity index (χ0v) is 12.7. The monoisotopic (exact) mass is 296 g/mol. The summed E-state index contributed by atoms with van der Waals surface area (Å²) in [5.74, 6) is 0.627. The van der Waals surface area contributed by atoms with Crippen LogP contribution in [0.3, 0.4) is 0 Å². The zero-order chi connectivity index (χ0) is 14.5. The lowest BCUT2D eigenvalue weighted by Gasteiger charge is -2.12. The van der Waals surface area contributed by atoms with Crippen LogP contribution in [-0.2, 0) is 4.79 Å². The van der Waals surface area contributed by atoms with Crippen molar-refractivity contribution < 1.29 is 9.53 Å². The maximum Gasteiger partial charge on any atom is 0.225 e. The van der Waals surface area contributed by atoms with Gasteiger partial charge >= 0.3 is 0 Å². The predicted molar refractivity (Wildman–Crippen MR) is 81.5 cm³/mol. The Labute approximate surface area is 124 Å². The molecule has 1 amide bonds. The van der Waals surface area contributed by atoms with E-state index in [9.17, 15) is 4.79 Å². The highest BCUT2D eigenvalue weighted by molar-refractivity contribution is 6.32. The Kier molecular flexibility index (Phi) is 5.26. The number of hydrogen-bond donors (Lipinski definition) is 2. The van der Waals surface area contributed by atoms with E-state index in [1.807, 2.05) is 13.8 Å². The summed E-state index contributed by atoms with van der Waals surface area (Å²) in [6.45, 7) is 4.61. The van der Waals surface area contributed by atoms with E-state index >= 15 is 0 Å². The minimum absolute atomic E-state index is 0.00764. The first kappa shape index (κ1) is 15.1. The molecule has 1 aliphatic carbocycles. The van der Waals surface area contributed by atoms with Crippen LogP contribution in [0.5, 0.6) is 5.75 Å². The summed E-state index contributed by atoms with van der Waals surface area (Å²) < 4.78 is 5.55. The molecular weight excluding hydrogens is 276 g/mol. The minimum atomic E-state index is -0.00764. The van der Waals surface area contributed by atoms with Gasteiger partial charge in [-0.2, -0.15) is 0 Å². The Balaban J connectivity index is 1.82. The molecule has 4 nitrogen and oxygen atoms in total. The van der Waals surface area contributed by atoms with Crippen molar-refractivity contribution >= 4 is 23.2 Å². The minimum Gasteiger partial charge on any atom is -0.489 e. The number of ether oxygens (including phenoxy) is 1. The average molecular weight is 297 g/mol. The second kappa shape index (κ2) is 6.95. The molecule has 1 saturated carbocycles. The summed E-state index contributed by atoms with van der Waals surface area (Å²) in [6.07, 6.45) is 3.00. The molecule has 1 aliphatic rings. The van der Waals surface area contributed by atoms with Crippen LogP contribution < -0.4 is 15.4 Å². The van der Waals surface area contributed by atoms with Crippen molar-refractivity contribution in [1.29, 1.82) is 0 Å². The number of anilines is 1. The molecule has 0 aromatic heterocycles. The van der Waals surface area contributed by atoms with Crippen LogP contribution in [0.1, 0.15) is 33.1 Å². The topological polar surface area (TPSA) is 50.4 Å². The molecule has 110 valence electrons. The summed E-state index contributed by atoms with van der Waals surface area (Å²) in [4.78, 5) is 11.8. The van der Waals surface area contributed by atoms with Crippen LogP contribution in [0, 0.1) is 0 Å². The summed E-state index contributed by atoms with van der Waals surface area (Å²) in [7, 11) is 0. The van der Waals surface area contributed by atoms with E-state index in [1.54, 1.807) is 18.2 Å². The standard InChI is InChI=1S/C15H21ClN2O2/c1-10(2)20-14-6-5-12(9-13(14)16)18-15(19)7-8-17-11-3-4-11/h5-6,9-11,17H,3-4,7-8H2,1-2H3,(H,18,19). The molecule has 0 radical (unpaired) electrons. The van der Waals surface area contributed by atoms with Gasteiger partial charge in [-0.15, -0.1) is 0 Å². The Bertz CT molecular complexity index is 473. The third kappa shape index (κ3) is 5.02. The van der Waals surface area contributed by atoms with Gasteiger partial charge in [-0.05, 0) is 44.9 Å². The Morgan fingerprint density at radius 2 is 2.20 bits per heavy atom. The lowest BCUT2D eigenvalue weighted by Crippen LogP contribution is -2.23. The van der Waals surface area contributed by atoms with E-state index in [0.29, 0.717) is 28.9 Å². The summed E-state index contributed by atoms with van der Waals surface area (Å²) in [6, 6.07) is 5.92. The molecule has 1 aromatic carbocycles. The van der Waals surface area contributed by atoms with Crippen molar-refractivity contribution in [2.75, 3.05) is 11.9 Å². The van der Waals surface area contributed by atoms with Crippen LogP contribution in [0.4, 0.5) is 5.69 Å². The lowest BCUT2D eigenvalue weighted by molar-refractivity contribution is -0.116. The molecule has 0 atom stereocenters. The fourth-order valence-electron chi connectivity index (χ4n) is 1.83. The molecule has 2 rings (SSSR count). The molecule has 0 bridgehead atoms. The molecular formula is C15H21ClN2O2. The number of benzene rings is 1. The van der Waals surface area contributed by atoms with Gasteiger partial charge in [0.1, 0.15) is 5.75 Å². The third-order valence-corrected chi connectivity index (χ3v) is 3.24. The van der Waals surface area contributed by atoms with Crippen molar-refractivity contribution in [3.63, 3.8) is 0 Å². The number of nitrogens with one attached hydrogen (secondary N) is 2. The largest absolute Gasteiger partial charge is 0.489 e. The van der Waals surface area contributed by atoms with Crippen LogP contribution in [0.2, 0.25) is 5.02 Å². The zero-order valence-electron chi connectivity index (χ0n) is 11.9. The van der Waals surface area contributed by atoms with Gasteiger partial charge < -0.3 is 15.4 Å². The summed E-state index contributed by atoms with van der Waals surface area (Å²) in [5.41, 5.74) is 0.697. The maximum atomic E-state index is 11.8. The van der Waals surface area contributed by atoms with Gasteiger partial charge in [0.15, 0.2) is 0 Å². The van der Waals surface area contributed by atoms with Crippen LogP contribution >= 0.6 is 11.6 Å². The molecule has 1 fully saturated rings. The van der Waals surface area contributed by atoms with E-state index < -0.39 is 0 Å². The van der Waals surface area contributed by atoms with Gasteiger partial charge in [-0.3, -0.25) is 4.79 Å². The Morgan fingerprint density at radius 3 is 2.80 bits per heavy atom. The molecule has 0 spiro atoms. The predicted octanol–water partition coefficient (Wildman–Crippen LogP) is 3.21. The van der Waals surface area contributed by atoms with E-state index in [0.717, 1.165) is 6.54 Å². The van der Waals surface area contributed by atoms with E-state index in [2.05, 4.69) is 10.6 Å². The number of carbonyl (C=O) groups excluding carboxylic acids is 1. The molecule has 0 heterocycles. The Morgan fingerprint density at radius 1 is 1.45 bits per heavy atom. The second-order valence-electron chi connectivity index (χ2n) is 5.34. The van der Waals surface area contributed by atoms with Gasteiger partial charge in [0, 0.05) is 24.7 Å². The molecule has 0 aliphatic heterocycles. The molecule has 20 heavy (non-hydrogen) atoms. The average Bonchev–Trinajstić information content (AvgIpc) is 3.16. The van der Waals surface area contributed by atoms with Crippen molar-refractivity contribution in [1.82, 2.24) is 5.32 Å². The number of halogens is 1. The maximum absolute atomic E-state index is 11.8. The van der Waals surface area contributed by atoms with Gasteiger partial charge in [0.2, 0.25) is 5.91 Å². The molecule has 0 saturated heterocycles. The first-order valence-electron chi connectivity index (χ1n) is 7.04. The molecule has 5 heteroatoms. The van der Waals surface area contributed by atoms with Crippen molar-refractivity contribution in [3.8, 4) is 5.75 Å². The van der Waals surface area contributed by atoms with Gasteiger partial charge in [0.25, 0.3) is 0 Å². The second-order valence-corrected chi connectivity index (χ2v) is 5.75. The van der Waals surface area contributed by atoms with Gasteiger partial charge in [-0.1, -0.05) is 11.6 Å². The van der Waals surface area contributed by atoms with Crippen molar-refractivity contribution in [2.24, 2.45) is 0 Å². The smallest absolute Gasteiger partial charge is 0.225 e. The highest BCUT2D eigenvalue weighted by Gasteiger charge is 2.20. The Hall–Kier alpha value is -1.26. The molecule has 0 unspecified atom stereocenters. The van der Waals surface area contributed by atoms with Crippen molar-refractivity contribution in [3.05, 3.63) is 23.2 Å². The number of hydrogen-bond acceptors (Lipinski definition) is 3. The normalized spacial score (nSPS) is 14.4. The van der Waals surface area contributed by atoms with Crippen LogP contribution in [-0.4, -0.2) is 24.6 Å². The van der Waals surface area contributed by atoms with E-state index in [4.69, 9.17) is 16.3 Å². The van der Waals surface area contributed by atoms with Crippen molar-refractivity contribution in [2.45, 2.75) is 45.3 Å². The molecule has 2 N–H and O–H groups in total. The highest BCUT2D eigenvalue weighted by Crippen LogP contribution is 2.28. The SMILES string of the molecule is CC(C)Oc1ccc(NC(=O)CCNC2CC2)cc1Cl. The first-order chi connectivity index (χ1) is 9.54. The highest BCUT2D eigenvalue weighted by atomic mass is 35.5. The fraction of sp³-hybridized carbons (Fsp3) is 0.533. The number of rotatable bonds is 7. The van der Waals surface area contributed by atoms with Crippen LogP contribution in [0.15, 0.2) is 18.2 Å². The molecule has 1 aromatic rings. The van der Waals surface area contributed by atoms with Gasteiger partial charge in [-0.25, -0.2) is 0 Å². The third-order valence-electron chi connectivity index (χ3n) is 2.94. The van der Waals surface area contributed by atoms with Gasteiger partial charge in [0.05, 0.1) is 11.1 Å². The summed E-state index contributed by atoms with van der Waals surface area (Å²) >= 11 is 6.12. The fourth-order valence-corrected chi connectivity index (χ4v) is 2.05.